The highest BCUT2D eigenvalue weighted by Gasteiger charge is 2.22. The van der Waals surface area contributed by atoms with E-state index in [0.717, 1.165) is 24.3 Å². The van der Waals surface area contributed by atoms with Gasteiger partial charge in [-0.3, -0.25) is 0 Å². The van der Waals surface area contributed by atoms with Crippen LogP contribution in [0.25, 0.3) is 0 Å². The summed E-state index contributed by atoms with van der Waals surface area (Å²) in [6.07, 6.45) is -1.80. The molecule has 0 saturated carbocycles. The first-order chi connectivity index (χ1) is 8.90. The van der Waals surface area contributed by atoms with Crippen molar-refractivity contribution in [3.05, 3.63) is 69.2 Å². The van der Waals surface area contributed by atoms with Gasteiger partial charge in [0.2, 0.25) is 0 Å². The van der Waals surface area contributed by atoms with Gasteiger partial charge in [0.25, 0.3) is 0 Å². The van der Waals surface area contributed by atoms with Gasteiger partial charge in [-0.2, -0.15) is 0 Å². The lowest BCUT2D eigenvalue weighted by molar-refractivity contribution is 0.207. The average molecular weight is 335 g/mol. The third-order valence-electron chi connectivity index (χ3n) is 2.55. The second-order valence-electron chi connectivity index (χ2n) is 3.86. The first-order valence-electron chi connectivity index (χ1n) is 5.17. The van der Waals surface area contributed by atoms with E-state index >= 15 is 0 Å². The molecule has 100 valence electrons. The summed E-state index contributed by atoms with van der Waals surface area (Å²) in [6.45, 7) is 0. The van der Waals surface area contributed by atoms with Crippen LogP contribution in [-0.4, -0.2) is 5.11 Å². The summed E-state index contributed by atoms with van der Waals surface area (Å²) in [5.41, 5.74) is -0.937. The second kappa shape index (κ2) is 5.30. The molecule has 0 spiro atoms. The van der Waals surface area contributed by atoms with E-state index in [4.69, 9.17) is 0 Å². The van der Waals surface area contributed by atoms with Crippen LogP contribution in [0, 0.1) is 23.3 Å². The standard InChI is InChI=1S/C13H7BrF4O/c14-9-1-2-10(17)11(12(9)18)13(19)6-3-7(15)5-8(16)4-6/h1-5,13,19H. The van der Waals surface area contributed by atoms with Gasteiger partial charge in [-0.1, -0.05) is 0 Å². The SMILES string of the molecule is OC(c1cc(F)cc(F)c1)c1c(F)ccc(Br)c1F. The van der Waals surface area contributed by atoms with Crippen molar-refractivity contribution in [2.45, 2.75) is 6.10 Å². The number of benzene rings is 2. The Hall–Kier alpha value is -1.40. The lowest BCUT2D eigenvalue weighted by atomic mass is 10.0. The Bertz CT molecular complexity index is 610. The van der Waals surface area contributed by atoms with E-state index in [9.17, 15) is 22.7 Å². The number of rotatable bonds is 2. The maximum absolute atomic E-state index is 13.8. The van der Waals surface area contributed by atoms with Gasteiger partial charge < -0.3 is 5.11 Å². The van der Waals surface area contributed by atoms with Crippen LogP contribution >= 0.6 is 15.9 Å². The third-order valence-corrected chi connectivity index (χ3v) is 3.17. The molecular weight excluding hydrogens is 328 g/mol. The van der Waals surface area contributed by atoms with Crippen molar-refractivity contribution in [1.29, 1.82) is 0 Å². The molecule has 0 aromatic heterocycles. The zero-order valence-corrected chi connectivity index (χ0v) is 10.9. The van der Waals surface area contributed by atoms with Crippen LogP contribution < -0.4 is 0 Å². The van der Waals surface area contributed by atoms with Crippen molar-refractivity contribution in [2.24, 2.45) is 0 Å². The summed E-state index contributed by atoms with van der Waals surface area (Å²) in [7, 11) is 0. The van der Waals surface area contributed by atoms with Crippen molar-refractivity contribution >= 4 is 15.9 Å². The highest BCUT2D eigenvalue weighted by molar-refractivity contribution is 9.10. The lowest BCUT2D eigenvalue weighted by Gasteiger charge is -2.14. The van der Waals surface area contributed by atoms with E-state index in [0.29, 0.717) is 6.07 Å². The van der Waals surface area contributed by atoms with Crippen LogP contribution in [0.4, 0.5) is 17.6 Å². The summed E-state index contributed by atoms with van der Waals surface area (Å²) in [4.78, 5) is 0. The summed E-state index contributed by atoms with van der Waals surface area (Å²) >= 11 is 2.85. The molecule has 6 heteroatoms. The number of hydrogen-bond acceptors (Lipinski definition) is 1. The summed E-state index contributed by atoms with van der Waals surface area (Å²) in [6, 6.07) is 4.30. The average Bonchev–Trinajstić information content (AvgIpc) is 2.33. The van der Waals surface area contributed by atoms with E-state index in [2.05, 4.69) is 15.9 Å². The third kappa shape index (κ3) is 2.79. The Morgan fingerprint density at radius 3 is 2.11 bits per heavy atom. The highest BCUT2D eigenvalue weighted by atomic mass is 79.9. The molecule has 2 aromatic carbocycles. The normalized spacial score (nSPS) is 12.5. The number of aliphatic hydroxyl groups excluding tert-OH is 1. The Kier molecular flexibility index (Phi) is 3.91. The zero-order valence-electron chi connectivity index (χ0n) is 9.30. The van der Waals surface area contributed by atoms with Crippen molar-refractivity contribution in [2.75, 3.05) is 0 Å². The molecule has 0 saturated heterocycles. The van der Waals surface area contributed by atoms with Gasteiger partial charge >= 0.3 is 0 Å². The molecule has 0 aliphatic carbocycles. The second-order valence-corrected chi connectivity index (χ2v) is 4.72. The highest BCUT2D eigenvalue weighted by Crippen LogP contribution is 2.31. The number of hydrogen-bond donors (Lipinski definition) is 1. The largest absolute Gasteiger partial charge is 0.383 e. The van der Waals surface area contributed by atoms with E-state index in [1.807, 2.05) is 0 Å². The molecule has 0 aliphatic heterocycles. The van der Waals surface area contributed by atoms with Gasteiger partial charge in [-0.25, -0.2) is 17.6 Å². The molecule has 0 amide bonds. The van der Waals surface area contributed by atoms with Crippen molar-refractivity contribution in [3.8, 4) is 0 Å². The molecule has 0 heterocycles. The zero-order chi connectivity index (χ0) is 14.2. The molecule has 1 nitrogen and oxygen atoms in total. The summed E-state index contributed by atoms with van der Waals surface area (Å²) in [5, 5.41) is 9.89. The van der Waals surface area contributed by atoms with Gasteiger partial charge in [0.1, 0.15) is 29.4 Å². The molecule has 1 atom stereocenters. The molecule has 0 aliphatic rings. The molecule has 2 aromatic rings. The predicted molar refractivity (Wildman–Crippen MR) is 64.5 cm³/mol. The van der Waals surface area contributed by atoms with Gasteiger partial charge in [0, 0.05) is 6.07 Å². The maximum Gasteiger partial charge on any atom is 0.146 e. The van der Waals surface area contributed by atoms with Crippen LogP contribution in [0.1, 0.15) is 17.2 Å². The van der Waals surface area contributed by atoms with E-state index in [1.54, 1.807) is 0 Å². The van der Waals surface area contributed by atoms with Crippen molar-refractivity contribution in [1.82, 2.24) is 0 Å². The van der Waals surface area contributed by atoms with E-state index in [1.165, 1.54) is 0 Å². The first kappa shape index (κ1) is 14.0. The van der Waals surface area contributed by atoms with Crippen molar-refractivity contribution < 1.29 is 22.7 Å². The quantitative estimate of drug-likeness (QED) is 0.648. The van der Waals surface area contributed by atoms with Gasteiger partial charge in [0.15, 0.2) is 0 Å². The minimum absolute atomic E-state index is 0.0557. The van der Waals surface area contributed by atoms with Gasteiger partial charge in [0.05, 0.1) is 10.0 Å². The topological polar surface area (TPSA) is 20.2 Å². The van der Waals surface area contributed by atoms with E-state index in [-0.39, 0.29) is 10.0 Å². The fraction of sp³-hybridized carbons (Fsp3) is 0.0769. The monoisotopic (exact) mass is 334 g/mol. The van der Waals surface area contributed by atoms with Crippen LogP contribution in [0.2, 0.25) is 0 Å². The van der Waals surface area contributed by atoms with Gasteiger partial charge in [-0.05, 0) is 45.8 Å². The molecule has 0 radical (unpaired) electrons. The lowest BCUT2D eigenvalue weighted by Crippen LogP contribution is -2.07. The van der Waals surface area contributed by atoms with Crippen LogP contribution in [0.3, 0.4) is 0 Å². The fourth-order valence-electron chi connectivity index (χ4n) is 1.69. The minimum Gasteiger partial charge on any atom is -0.383 e. The Labute approximate surface area is 114 Å². The Balaban J connectivity index is 2.55. The molecule has 2 rings (SSSR count). The van der Waals surface area contributed by atoms with E-state index < -0.39 is 34.9 Å². The van der Waals surface area contributed by atoms with Crippen LogP contribution in [-0.2, 0) is 0 Å². The Morgan fingerprint density at radius 2 is 1.53 bits per heavy atom. The fourth-order valence-corrected chi connectivity index (χ4v) is 2.04. The maximum atomic E-state index is 13.8. The smallest absolute Gasteiger partial charge is 0.146 e. The molecule has 0 bridgehead atoms. The van der Waals surface area contributed by atoms with Crippen molar-refractivity contribution in [3.63, 3.8) is 0 Å². The summed E-state index contributed by atoms with van der Waals surface area (Å²) < 4.78 is 53.3. The van der Waals surface area contributed by atoms with Crippen LogP contribution in [0.5, 0.6) is 0 Å². The van der Waals surface area contributed by atoms with Crippen LogP contribution in [0.15, 0.2) is 34.8 Å². The molecule has 19 heavy (non-hydrogen) atoms. The first-order valence-corrected chi connectivity index (χ1v) is 5.97. The number of aliphatic hydroxyl groups is 1. The van der Waals surface area contributed by atoms with Gasteiger partial charge in [-0.15, -0.1) is 0 Å². The summed E-state index contributed by atoms with van der Waals surface area (Å²) in [5.74, 6) is -3.90. The Morgan fingerprint density at radius 1 is 0.947 bits per heavy atom. The molecule has 1 unspecified atom stereocenters. The molecule has 0 fully saturated rings. The minimum atomic E-state index is -1.80. The molecular formula is C13H7BrF4O. The number of halogens is 5. The predicted octanol–water partition coefficient (Wildman–Crippen LogP) is 4.09. The molecule has 1 N–H and O–H groups in total.